The fourth-order valence-corrected chi connectivity index (χ4v) is 2.04. The summed E-state index contributed by atoms with van der Waals surface area (Å²) in [6.07, 6.45) is 6.64. The Balaban J connectivity index is 2.23. The van der Waals surface area contributed by atoms with Crippen molar-refractivity contribution in [3.8, 4) is 0 Å². The van der Waals surface area contributed by atoms with Gasteiger partial charge in [0.05, 0.1) is 0 Å². The first-order valence-corrected chi connectivity index (χ1v) is 7.08. The van der Waals surface area contributed by atoms with E-state index in [1.54, 1.807) is 0 Å². The van der Waals surface area contributed by atoms with Gasteiger partial charge in [0.15, 0.2) is 0 Å². The first kappa shape index (κ1) is 16.4. The van der Waals surface area contributed by atoms with Crippen LogP contribution in [0.25, 0.3) is 0 Å². The van der Waals surface area contributed by atoms with E-state index >= 15 is 0 Å². The molecular weight excluding hydrogens is 252 g/mol. The number of aromatic nitrogens is 1. The van der Waals surface area contributed by atoms with Gasteiger partial charge in [0, 0.05) is 23.9 Å². The average Bonchev–Trinajstić information content (AvgIpc) is 2.46. The number of nitrogens with two attached hydrogens (primary N) is 1. The summed E-state index contributed by atoms with van der Waals surface area (Å²) in [6.45, 7) is 7.09. The van der Waals surface area contributed by atoms with Crippen molar-refractivity contribution in [2.75, 3.05) is 6.54 Å². The molecule has 20 heavy (non-hydrogen) atoms. The van der Waals surface area contributed by atoms with Crippen molar-refractivity contribution in [3.63, 3.8) is 0 Å². The van der Waals surface area contributed by atoms with Crippen molar-refractivity contribution in [1.82, 2.24) is 10.3 Å². The Labute approximate surface area is 121 Å². The third-order valence-corrected chi connectivity index (χ3v) is 3.69. The highest BCUT2D eigenvalue weighted by atomic mass is 16.4. The summed E-state index contributed by atoms with van der Waals surface area (Å²) in [5.41, 5.74) is 6.67. The zero-order valence-electron chi connectivity index (χ0n) is 12.6. The molecule has 0 aromatic carbocycles. The Morgan fingerprint density at radius 2 is 2.05 bits per heavy atom. The van der Waals surface area contributed by atoms with Crippen molar-refractivity contribution < 1.29 is 5.21 Å². The van der Waals surface area contributed by atoms with Crippen LogP contribution in [0.4, 0.5) is 0 Å². The molecular formula is C15H26N4O. The van der Waals surface area contributed by atoms with Crippen LogP contribution in [0, 0.1) is 5.41 Å². The number of nitrogens with zero attached hydrogens (tertiary/aromatic N) is 2. The molecule has 0 radical (unpaired) electrons. The monoisotopic (exact) mass is 278 g/mol. The molecule has 4 N–H and O–H groups in total. The van der Waals surface area contributed by atoms with E-state index in [0.29, 0.717) is 11.9 Å². The molecule has 1 rings (SSSR count). The Morgan fingerprint density at radius 3 is 2.65 bits per heavy atom. The van der Waals surface area contributed by atoms with Crippen molar-refractivity contribution in [2.45, 2.75) is 46.1 Å². The molecule has 1 heterocycles. The predicted molar refractivity (Wildman–Crippen MR) is 81.7 cm³/mol. The molecule has 0 fully saturated rings. The van der Waals surface area contributed by atoms with Crippen LogP contribution in [-0.4, -0.2) is 22.6 Å². The molecule has 0 aliphatic carbocycles. The van der Waals surface area contributed by atoms with E-state index in [9.17, 15) is 0 Å². The number of unbranched alkanes of at least 4 members (excludes halogenated alkanes) is 1. The van der Waals surface area contributed by atoms with E-state index in [1.165, 1.54) is 5.56 Å². The number of hydrogen-bond acceptors (Lipinski definition) is 4. The van der Waals surface area contributed by atoms with Gasteiger partial charge in [-0.05, 0) is 44.0 Å². The van der Waals surface area contributed by atoms with Gasteiger partial charge in [0.25, 0.3) is 0 Å². The molecule has 1 atom stereocenters. The topological polar surface area (TPSA) is 83.5 Å². The van der Waals surface area contributed by atoms with Gasteiger partial charge in [-0.2, -0.15) is 0 Å². The van der Waals surface area contributed by atoms with Crippen molar-refractivity contribution in [3.05, 3.63) is 30.1 Å². The van der Waals surface area contributed by atoms with Crippen molar-refractivity contribution in [1.29, 1.82) is 0 Å². The molecule has 5 heteroatoms. The van der Waals surface area contributed by atoms with Gasteiger partial charge in [0.1, 0.15) is 5.84 Å². The Hall–Kier alpha value is -1.62. The summed E-state index contributed by atoms with van der Waals surface area (Å²) >= 11 is 0. The minimum absolute atomic E-state index is 0.245. The molecule has 5 nitrogen and oxygen atoms in total. The molecule has 0 saturated carbocycles. The molecule has 0 aliphatic heterocycles. The van der Waals surface area contributed by atoms with Gasteiger partial charge in [-0.15, -0.1) is 0 Å². The maximum absolute atomic E-state index is 8.72. The van der Waals surface area contributed by atoms with E-state index < -0.39 is 0 Å². The van der Waals surface area contributed by atoms with Crippen LogP contribution in [0.3, 0.4) is 0 Å². The predicted octanol–water partition coefficient (Wildman–Crippen LogP) is 2.68. The fraction of sp³-hybridized carbons (Fsp3) is 0.600. The molecule has 0 saturated heterocycles. The molecule has 0 unspecified atom stereocenters. The fourth-order valence-electron chi connectivity index (χ4n) is 2.04. The van der Waals surface area contributed by atoms with Gasteiger partial charge in [-0.3, -0.25) is 4.98 Å². The van der Waals surface area contributed by atoms with Gasteiger partial charge in [-0.25, -0.2) is 0 Å². The van der Waals surface area contributed by atoms with Gasteiger partial charge in [-0.1, -0.05) is 25.4 Å². The van der Waals surface area contributed by atoms with Crippen molar-refractivity contribution in [2.24, 2.45) is 16.3 Å². The van der Waals surface area contributed by atoms with E-state index in [2.05, 4.69) is 22.4 Å². The highest BCUT2D eigenvalue weighted by Gasteiger charge is 2.22. The maximum Gasteiger partial charge on any atom is 0.144 e. The molecule has 0 bridgehead atoms. The summed E-state index contributed by atoms with van der Waals surface area (Å²) in [4.78, 5) is 4.02. The summed E-state index contributed by atoms with van der Waals surface area (Å²) < 4.78 is 0. The SMILES string of the molecule is C[C@@H](NCCCCC(C)(C)/C(N)=N/O)c1ccncc1. The number of amidine groups is 1. The number of oxime groups is 1. The zero-order valence-corrected chi connectivity index (χ0v) is 12.6. The van der Waals surface area contributed by atoms with E-state index in [0.717, 1.165) is 25.8 Å². The third-order valence-electron chi connectivity index (χ3n) is 3.69. The van der Waals surface area contributed by atoms with Crippen LogP contribution in [0.5, 0.6) is 0 Å². The van der Waals surface area contributed by atoms with Crippen molar-refractivity contribution >= 4 is 5.84 Å². The Kier molecular flexibility index (Phi) is 6.45. The second-order valence-electron chi connectivity index (χ2n) is 5.78. The lowest BCUT2D eigenvalue weighted by molar-refractivity contribution is 0.304. The van der Waals surface area contributed by atoms with Gasteiger partial charge >= 0.3 is 0 Å². The summed E-state index contributed by atoms with van der Waals surface area (Å²) in [6, 6.07) is 4.38. The lowest BCUT2D eigenvalue weighted by atomic mass is 9.86. The second kappa shape index (κ2) is 7.85. The molecule has 0 amide bonds. The third kappa shape index (κ3) is 5.17. The highest BCUT2D eigenvalue weighted by molar-refractivity contribution is 5.85. The molecule has 1 aromatic heterocycles. The van der Waals surface area contributed by atoms with Crippen LogP contribution in [0.1, 0.15) is 51.6 Å². The minimum Gasteiger partial charge on any atom is -0.409 e. The molecule has 1 aromatic rings. The van der Waals surface area contributed by atoms with E-state index in [4.69, 9.17) is 10.9 Å². The number of hydrogen-bond donors (Lipinski definition) is 3. The first-order valence-electron chi connectivity index (χ1n) is 7.08. The summed E-state index contributed by atoms with van der Waals surface area (Å²) in [5, 5.41) is 15.3. The number of pyridine rings is 1. The van der Waals surface area contributed by atoms with Crippen LogP contribution in [-0.2, 0) is 0 Å². The van der Waals surface area contributed by atoms with Crippen LogP contribution >= 0.6 is 0 Å². The number of nitrogens with one attached hydrogen (secondary N) is 1. The maximum atomic E-state index is 8.72. The van der Waals surface area contributed by atoms with Gasteiger partial charge < -0.3 is 16.3 Å². The summed E-state index contributed by atoms with van der Waals surface area (Å²) in [5.74, 6) is 0.301. The second-order valence-corrected chi connectivity index (χ2v) is 5.78. The lowest BCUT2D eigenvalue weighted by Crippen LogP contribution is -2.32. The quantitative estimate of drug-likeness (QED) is 0.224. The highest BCUT2D eigenvalue weighted by Crippen LogP contribution is 2.23. The molecule has 0 aliphatic rings. The average molecular weight is 278 g/mol. The number of rotatable bonds is 8. The smallest absolute Gasteiger partial charge is 0.144 e. The molecule has 0 spiro atoms. The standard InChI is InChI=1S/C15H26N4O/c1-12(13-6-10-17-11-7-13)18-9-5-4-8-15(2,3)14(16)19-20/h6-7,10-12,18,20H,4-5,8-9H2,1-3H3,(H2,16,19)/t12-/m1/s1. The van der Waals surface area contributed by atoms with Crippen LogP contribution < -0.4 is 11.1 Å². The van der Waals surface area contributed by atoms with E-state index in [-0.39, 0.29) is 5.41 Å². The minimum atomic E-state index is -0.245. The van der Waals surface area contributed by atoms with Crippen LogP contribution in [0.15, 0.2) is 29.7 Å². The van der Waals surface area contributed by atoms with Crippen LogP contribution in [0.2, 0.25) is 0 Å². The summed E-state index contributed by atoms with van der Waals surface area (Å²) in [7, 11) is 0. The Morgan fingerprint density at radius 1 is 1.40 bits per heavy atom. The first-order chi connectivity index (χ1) is 9.47. The van der Waals surface area contributed by atoms with Gasteiger partial charge in [0.2, 0.25) is 0 Å². The lowest BCUT2D eigenvalue weighted by Gasteiger charge is -2.22. The normalized spacial score (nSPS) is 14.2. The largest absolute Gasteiger partial charge is 0.409 e. The Bertz CT molecular complexity index is 417. The zero-order chi connectivity index (χ0) is 15.0. The van der Waals surface area contributed by atoms with E-state index in [1.807, 2.05) is 38.4 Å². The molecule has 112 valence electrons.